The van der Waals surface area contributed by atoms with Crippen LogP contribution in [0.1, 0.15) is 24.8 Å². The maximum Gasteiger partial charge on any atom is 0.141 e. The van der Waals surface area contributed by atoms with Gasteiger partial charge in [-0.2, -0.15) is 0 Å². The van der Waals surface area contributed by atoms with Crippen LogP contribution < -0.4 is 10.5 Å². The quantitative estimate of drug-likeness (QED) is 0.859. The minimum atomic E-state index is 0.107. The highest BCUT2D eigenvalue weighted by atomic mass is 35.5. The molecule has 1 aliphatic rings. The van der Waals surface area contributed by atoms with Gasteiger partial charge in [0.25, 0.3) is 0 Å². The molecule has 0 spiro atoms. The van der Waals surface area contributed by atoms with E-state index in [1.807, 2.05) is 12.1 Å². The fourth-order valence-electron chi connectivity index (χ4n) is 2.32. The third kappa shape index (κ3) is 1.62. The SMILES string of the molecule is COc1c(Cl)cccc1C1(CN)CCC1. The zero-order valence-electron chi connectivity index (χ0n) is 8.92. The number of halogens is 1. The van der Waals surface area contributed by atoms with Crippen molar-refractivity contribution in [3.63, 3.8) is 0 Å². The zero-order valence-corrected chi connectivity index (χ0v) is 9.68. The van der Waals surface area contributed by atoms with Crippen LogP contribution in [0.2, 0.25) is 5.02 Å². The first-order valence-corrected chi connectivity index (χ1v) is 5.64. The molecule has 1 aliphatic carbocycles. The Morgan fingerprint density at radius 1 is 1.47 bits per heavy atom. The molecule has 2 N–H and O–H groups in total. The molecule has 1 aromatic rings. The van der Waals surface area contributed by atoms with Gasteiger partial charge in [0.2, 0.25) is 0 Å². The highest BCUT2D eigenvalue weighted by Gasteiger charge is 2.39. The number of ether oxygens (including phenoxy) is 1. The third-order valence-corrected chi connectivity index (χ3v) is 3.74. The van der Waals surface area contributed by atoms with Gasteiger partial charge in [-0.25, -0.2) is 0 Å². The van der Waals surface area contributed by atoms with E-state index in [-0.39, 0.29) is 5.41 Å². The molecule has 0 unspecified atom stereocenters. The van der Waals surface area contributed by atoms with Crippen LogP contribution in [-0.2, 0) is 5.41 Å². The fourth-order valence-corrected chi connectivity index (χ4v) is 2.57. The molecule has 2 rings (SSSR count). The van der Waals surface area contributed by atoms with Crippen LogP contribution in [-0.4, -0.2) is 13.7 Å². The largest absolute Gasteiger partial charge is 0.495 e. The lowest BCUT2D eigenvalue weighted by Crippen LogP contribution is -2.41. The molecule has 0 atom stereocenters. The lowest BCUT2D eigenvalue weighted by molar-refractivity contribution is 0.243. The second-order valence-corrected chi connectivity index (χ2v) is 4.57. The van der Waals surface area contributed by atoms with E-state index >= 15 is 0 Å². The summed E-state index contributed by atoms with van der Waals surface area (Å²) in [7, 11) is 1.66. The Labute approximate surface area is 95.4 Å². The molecule has 3 heteroatoms. The molecule has 0 saturated heterocycles. The Morgan fingerprint density at radius 3 is 2.67 bits per heavy atom. The predicted molar refractivity (Wildman–Crippen MR) is 62.6 cm³/mol. The van der Waals surface area contributed by atoms with Gasteiger partial charge in [0.15, 0.2) is 0 Å². The van der Waals surface area contributed by atoms with E-state index in [0.29, 0.717) is 11.6 Å². The summed E-state index contributed by atoms with van der Waals surface area (Å²) in [4.78, 5) is 0. The first-order valence-electron chi connectivity index (χ1n) is 5.26. The monoisotopic (exact) mass is 225 g/mol. The highest BCUT2D eigenvalue weighted by molar-refractivity contribution is 6.32. The van der Waals surface area contributed by atoms with Crippen LogP contribution in [0.15, 0.2) is 18.2 Å². The summed E-state index contributed by atoms with van der Waals surface area (Å²) in [6.07, 6.45) is 3.52. The fraction of sp³-hybridized carbons (Fsp3) is 0.500. The molecule has 2 nitrogen and oxygen atoms in total. The Kier molecular flexibility index (Phi) is 2.89. The average Bonchev–Trinajstić information content (AvgIpc) is 2.17. The first-order chi connectivity index (χ1) is 7.23. The van der Waals surface area contributed by atoms with Crippen molar-refractivity contribution in [3.05, 3.63) is 28.8 Å². The van der Waals surface area contributed by atoms with E-state index in [1.54, 1.807) is 7.11 Å². The maximum atomic E-state index is 6.11. The molecule has 82 valence electrons. The summed E-state index contributed by atoms with van der Waals surface area (Å²) in [6.45, 7) is 0.670. The summed E-state index contributed by atoms with van der Waals surface area (Å²) >= 11 is 6.11. The summed E-state index contributed by atoms with van der Waals surface area (Å²) in [5.41, 5.74) is 7.16. The Hall–Kier alpha value is -0.730. The molecule has 1 aromatic carbocycles. The van der Waals surface area contributed by atoms with E-state index in [9.17, 15) is 0 Å². The number of rotatable bonds is 3. The lowest BCUT2D eigenvalue weighted by Gasteiger charge is -2.42. The van der Waals surface area contributed by atoms with Gasteiger partial charge in [-0.05, 0) is 18.9 Å². The zero-order chi connectivity index (χ0) is 10.9. The second kappa shape index (κ2) is 4.03. The summed E-state index contributed by atoms with van der Waals surface area (Å²) < 4.78 is 5.37. The van der Waals surface area contributed by atoms with Gasteiger partial charge in [-0.15, -0.1) is 0 Å². The summed E-state index contributed by atoms with van der Waals surface area (Å²) in [6, 6.07) is 5.90. The van der Waals surface area contributed by atoms with E-state index in [4.69, 9.17) is 22.1 Å². The Balaban J connectivity index is 2.46. The number of methoxy groups -OCH3 is 1. The normalized spacial score (nSPS) is 18.3. The molecular formula is C12H16ClNO. The van der Waals surface area contributed by atoms with Crippen molar-refractivity contribution in [1.29, 1.82) is 0 Å². The summed E-state index contributed by atoms with van der Waals surface area (Å²) in [5, 5.41) is 0.676. The van der Waals surface area contributed by atoms with Gasteiger partial charge >= 0.3 is 0 Å². The maximum absolute atomic E-state index is 6.11. The van der Waals surface area contributed by atoms with Gasteiger partial charge in [0.05, 0.1) is 12.1 Å². The standard InChI is InChI=1S/C12H16ClNO/c1-15-11-9(4-2-5-10(11)13)12(8-14)6-3-7-12/h2,4-5H,3,6-8,14H2,1H3. The third-order valence-electron chi connectivity index (χ3n) is 3.44. The van der Waals surface area contributed by atoms with Crippen LogP contribution in [0.4, 0.5) is 0 Å². The molecular weight excluding hydrogens is 210 g/mol. The lowest BCUT2D eigenvalue weighted by atomic mass is 9.64. The Morgan fingerprint density at radius 2 is 2.20 bits per heavy atom. The topological polar surface area (TPSA) is 35.2 Å². The van der Waals surface area contributed by atoms with Crippen LogP contribution in [0.3, 0.4) is 0 Å². The number of para-hydroxylation sites is 1. The molecule has 0 aliphatic heterocycles. The van der Waals surface area contributed by atoms with Crippen molar-refractivity contribution in [2.45, 2.75) is 24.7 Å². The summed E-state index contributed by atoms with van der Waals surface area (Å²) in [5.74, 6) is 0.796. The van der Waals surface area contributed by atoms with Crippen molar-refractivity contribution >= 4 is 11.6 Å². The smallest absolute Gasteiger partial charge is 0.141 e. The van der Waals surface area contributed by atoms with Gasteiger partial charge in [-0.1, -0.05) is 30.2 Å². The van der Waals surface area contributed by atoms with Crippen molar-refractivity contribution in [2.75, 3.05) is 13.7 Å². The average molecular weight is 226 g/mol. The molecule has 0 amide bonds. The number of nitrogens with two attached hydrogens (primary N) is 1. The predicted octanol–water partition coefficient (Wildman–Crippen LogP) is 2.73. The van der Waals surface area contributed by atoms with Crippen molar-refractivity contribution in [3.8, 4) is 5.75 Å². The van der Waals surface area contributed by atoms with E-state index in [0.717, 1.165) is 18.6 Å². The van der Waals surface area contributed by atoms with Gasteiger partial charge in [-0.3, -0.25) is 0 Å². The highest BCUT2D eigenvalue weighted by Crippen LogP contribution is 2.47. The molecule has 1 saturated carbocycles. The molecule has 1 fully saturated rings. The minimum Gasteiger partial charge on any atom is -0.495 e. The van der Waals surface area contributed by atoms with Crippen LogP contribution in [0.5, 0.6) is 5.75 Å². The number of benzene rings is 1. The van der Waals surface area contributed by atoms with Crippen molar-refractivity contribution < 1.29 is 4.74 Å². The van der Waals surface area contributed by atoms with Crippen LogP contribution >= 0.6 is 11.6 Å². The van der Waals surface area contributed by atoms with Crippen molar-refractivity contribution in [2.24, 2.45) is 5.73 Å². The van der Waals surface area contributed by atoms with Crippen LogP contribution in [0, 0.1) is 0 Å². The van der Waals surface area contributed by atoms with Gasteiger partial charge in [0, 0.05) is 17.5 Å². The molecule has 0 heterocycles. The van der Waals surface area contributed by atoms with Crippen LogP contribution in [0.25, 0.3) is 0 Å². The van der Waals surface area contributed by atoms with Crippen molar-refractivity contribution in [1.82, 2.24) is 0 Å². The Bertz CT molecular complexity index is 355. The molecule has 15 heavy (non-hydrogen) atoms. The molecule has 0 radical (unpaired) electrons. The minimum absolute atomic E-state index is 0.107. The molecule has 0 aromatic heterocycles. The van der Waals surface area contributed by atoms with E-state index in [1.165, 1.54) is 12.0 Å². The van der Waals surface area contributed by atoms with Gasteiger partial charge in [0.1, 0.15) is 5.75 Å². The first kappa shape index (κ1) is 10.8. The van der Waals surface area contributed by atoms with E-state index < -0.39 is 0 Å². The van der Waals surface area contributed by atoms with E-state index in [2.05, 4.69) is 6.07 Å². The number of hydrogen-bond acceptors (Lipinski definition) is 2. The van der Waals surface area contributed by atoms with Gasteiger partial charge < -0.3 is 10.5 Å². The number of hydrogen-bond donors (Lipinski definition) is 1. The second-order valence-electron chi connectivity index (χ2n) is 4.16. The molecule has 0 bridgehead atoms.